The standard InChI is InChI=1S/C15H24N2O/c1-10-6-12(3)14(13(4)7-10)15(18)17-9-11(2)8-16-5/h6-7,11,16H,8-9H2,1-5H3,(H,17,18). The topological polar surface area (TPSA) is 41.1 Å². The van der Waals surface area contributed by atoms with Crippen LogP contribution < -0.4 is 10.6 Å². The minimum absolute atomic E-state index is 0.0351. The Labute approximate surface area is 110 Å². The Bertz CT molecular complexity index is 403. The number of amides is 1. The van der Waals surface area contributed by atoms with Crippen LogP contribution >= 0.6 is 0 Å². The van der Waals surface area contributed by atoms with Crippen LogP contribution in [0.15, 0.2) is 12.1 Å². The van der Waals surface area contributed by atoms with Gasteiger partial charge in [0.2, 0.25) is 0 Å². The molecular weight excluding hydrogens is 224 g/mol. The number of rotatable bonds is 5. The molecule has 100 valence electrons. The second-order valence-electron chi connectivity index (χ2n) is 5.15. The summed E-state index contributed by atoms with van der Waals surface area (Å²) in [7, 11) is 1.92. The van der Waals surface area contributed by atoms with Gasteiger partial charge in [0, 0.05) is 12.1 Å². The van der Waals surface area contributed by atoms with E-state index in [1.165, 1.54) is 5.56 Å². The molecule has 1 rings (SSSR count). The summed E-state index contributed by atoms with van der Waals surface area (Å²) in [5, 5.41) is 6.12. The molecule has 2 N–H and O–H groups in total. The molecule has 0 aliphatic carbocycles. The maximum atomic E-state index is 12.2. The number of carbonyl (C=O) groups is 1. The highest BCUT2D eigenvalue weighted by atomic mass is 16.1. The number of aryl methyl sites for hydroxylation is 3. The molecule has 1 aromatic rings. The van der Waals surface area contributed by atoms with Crippen LogP contribution in [0.4, 0.5) is 0 Å². The van der Waals surface area contributed by atoms with E-state index in [-0.39, 0.29) is 5.91 Å². The SMILES string of the molecule is CNCC(C)CNC(=O)c1c(C)cc(C)cc1C. The highest BCUT2D eigenvalue weighted by molar-refractivity contribution is 5.97. The average Bonchev–Trinajstić information content (AvgIpc) is 2.25. The highest BCUT2D eigenvalue weighted by Gasteiger charge is 2.13. The fraction of sp³-hybridized carbons (Fsp3) is 0.533. The van der Waals surface area contributed by atoms with Gasteiger partial charge in [-0.15, -0.1) is 0 Å². The Morgan fingerprint density at radius 2 is 1.72 bits per heavy atom. The van der Waals surface area contributed by atoms with Crippen molar-refractivity contribution in [2.75, 3.05) is 20.1 Å². The van der Waals surface area contributed by atoms with Crippen molar-refractivity contribution in [3.05, 3.63) is 34.4 Å². The zero-order chi connectivity index (χ0) is 13.7. The van der Waals surface area contributed by atoms with Crippen molar-refractivity contribution in [2.45, 2.75) is 27.7 Å². The van der Waals surface area contributed by atoms with Crippen molar-refractivity contribution in [2.24, 2.45) is 5.92 Å². The molecule has 0 heterocycles. The molecule has 0 aliphatic heterocycles. The second-order valence-corrected chi connectivity index (χ2v) is 5.15. The van der Waals surface area contributed by atoms with Gasteiger partial charge in [0.25, 0.3) is 5.91 Å². The molecule has 0 fully saturated rings. The van der Waals surface area contributed by atoms with Gasteiger partial charge in [-0.25, -0.2) is 0 Å². The fourth-order valence-corrected chi connectivity index (χ4v) is 2.31. The summed E-state index contributed by atoms with van der Waals surface area (Å²) in [6.45, 7) is 9.76. The first-order valence-electron chi connectivity index (χ1n) is 6.46. The van der Waals surface area contributed by atoms with Gasteiger partial charge < -0.3 is 10.6 Å². The molecule has 1 atom stereocenters. The number of hydrogen-bond acceptors (Lipinski definition) is 2. The van der Waals surface area contributed by atoms with E-state index in [4.69, 9.17) is 0 Å². The Kier molecular flexibility index (Phi) is 5.35. The van der Waals surface area contributed by atoms with E-state index < -0.39 is 0 Å². The smallest absolute Gasteiger partial charge is 0.251 e. The predicted molar refractivity (Wildman–Crippen MR) is 76.1 cm³/mol. The monoisotopic (exact) mass is 248 g/mol. The average molecular weight is 248 g/mol. The van der Waals surface area contributed by atoms with E-state index in [1.807, 2.05) is 20.9 Å². The van der Waals surface area contributed by atoms with E-state index in [0.717, 1.165) is 23.2 Å². The van der Waals surface area contributed by atoms with Gasteiger partial charge in [-0.2, -0.15) is 0 Å². The van der Waals surface area contributed by atoms with Gasteiger partial charge in [0.05, 0.1) is 0 Å². The molecule has 0 saturated carbocycles. The van der Waals surface area contributed by atoms with Crippen molar-refractivity contribution in [1.82, 2.24) is 10.6 Å². The lowest BCUT2D eigenvalue weighted by atomic mass is 9.99. The van der Waals surface area contributed by atoms with E-state index in [9.17, 15) is 4.79 Å². The Morgan fingerprint density at radius 3 is 2.22 bits per heavy atom. The van der Waals surface area contributed by atoms with Gasteiger partial charge in [0.1, 0.15) is 0 Å². The zero-order valence-electron chi connectivity index (χ0n) is 12.1. The second kappa shape index (κ2) is 6.55. The van der Waals surface area contributed by atoms with Gasteiger partial charge in [-0.1, -0.05) is 24.6 Å². The molecule has 0 aliphatic rings. The third kappa shape index (κ3) is 3.84. The molecule has 3 heteroatoms. The zero-order valence-corrected chi connectivity index (χ0v) is 12.1. The quantitative estimate of drug-likeness (QED) is 0.838. The van der Waals surface area contributed by atoms with E-state index >= 15 is 0 Å². The third-order valence-corrected chi connectivity index (χ3v) is 3.07. The number of hydrogen-bond donors (Lipinski definition) is 2. The first-order valence-corrected chi connectivity index (χ1v) is 6.46. The maximum absolute atomic E-state index is 12.2. The van der Waals surface area contributed by atoms with Crippen LogP contribution in [-0.4, -0.2) is 26.0 Å². The molecule has 0 bridgehead atoms. The summed E-state index contributed by atoms with van der Waals surface area (Å²) in [4.78, 5) is 12.2. The van der Waals surface area contributed by atoms with Crippen LogP contribution in [0.1, 0.15) is 34.0 Å². The van der Waals surface area contributed by atoms with Gasteiger partial charge in [0.15, 0.2) is 0 Å². The lowest BCUT2D eigenvalue weighted by Gasteiger charge is -2.15. The van der Waals surface area contributed by atoms with Crippen molar-refractivity contribution >= 4 is 5.91 Å². The van der Waals surface area contributed by atoms with E-state index in [1.54, 1.807) is 0 Å². The van der Waals surface area contributed by atoms with Gasteiger partial charge in [-0.3, -0.25) is 4.79 Å². The molecular formula is C15H24N2O. The Morgan fingerprint density at radius 1 is 1.17 bits per heavy atom. The Hall–Kier alpha value is -1.35. The number of benzene rings is 1. The van der Waals surface area contributed by atoms with Gasteiger partial charge >= 0.3 is 0 Å². The lowest BCUT2D eigenvalue weighted by molar-refractivity contribution is 0.0947. The van der Waals surface area contributed by atoms with Crippen LogP contribution in [0.2, 0.25) is 0 Å². The highest BCUT2D eigenvalue weighted by Crippen LogP contribution is 2.16. The summed E-state index contributed by atoms with van der Waals surface area (Å²) >= 11 is 0. The molecule has 0 spiro atoms. The molecule has 1 amide bonds. The van der Waals surface area contributed by atoms with Crippen LogP contribution in [0.5, 0.6) is 0 Å². The van der Waals surface area contributed by atoms with Crippen LogP contribution in [0, 0.1) is 26.7 Å². The number of nitrogens with one attached hydrogen (secondary N) is 2. The molecule has 0 radical (unpaired) electrons. The molecule has 1 aromatic carbocycles. The maximum Gasteiger partial charge on any atom is 0.251 e. The van der Waals surface area contributed by atoms with Crippen molar-refractivity contribution in [3.63, 3.8) is 0 Å². The lowest BCUT2D eigenvalue weighted by Crippen LogP contribution is -2.33. The predicted octanol–water partition coefficient (Wildman–Crippen LogP) is 2.20. The van der Waals surface area contributed by atoms with Crippen molar-refractivity contribution < 1.29 is 4.79 Å². The molecule has 0 saturated heterocycles. The van der Waals surface area contributed by atoms with Crippen LogP contribution in [0.25, 0.3) is 0 Å². The van der Waals surface area contributed by atoms with Crippen molar-refractivity contribution in [1.29, 1.82) is 0 Å². The minimum Gasteiger partial charge on any atom is -0.352 e. The largest absolute Gasteiger partial charge is 0.352 e. The first kappa shape index (κ1) is 14.7. The molecule has 1 unspecified atom stereocenters. The summed E-state index contributed by atoms with van der Waals surface area (Å²) in [5.74, 6) is 0.470. The van der Waals surface area contributed by atoms with Crippen LogP contribution in [0.3, 0.4) is 0 Å². The minimum atomic E-state index is 0.0351. The molecule has 18 heavy (non-hydrogen) atoms. The van der Waals surface area contributed by atoms with Crippen molar-refractivity contribution in [3.8, 4) is 0 Å². The fourth-order valence-electron chi connectivity index (χ4n) is 2.31. The summed E-state index contributed by atoms with van der Waals surface area (Å²) in [6, 6.07) is 4.11. The third-order valence-electron chi connectivity index (χ3n) is 3.07. The number of carbonyl (C=O) groups excluding carboxylic acids is 1. The van der Waals surface area contributed by atoms with Crippen LogP contribution in [-0.2, 0) is 0 Å². The summed E-state index contributed by atoms with van der Waals surface area (Å²) in [6.07, 6.45) is 0. The first-order chi connectivity index (χ1) is 8.45. The Balaban J connectivity index is 2.73. The van der Waals surface area contributed by atoms with E-state index in [0.29, 0.717) is 12.5 Å². The molecule has 0 aromatic heterocycles. The summed E-state index contributed by atoms with van der Waals surface area (Å²) < 4.78 is 0. The summed E-state index contributed by atoms with van der Waals surface area (Å²) in [5.41, 5.74) is 4.11. The normalized spacial score (nSPS) is 12.3. The van der Waals surface area contributed by atoms with Gasteiger partial charge in [-0.05, 0) is 51.4 Å². The van der Waals surface area contributed by atoms with E-state index in [2.05, 4.69) is 36.6 Å². The molecule has 3 nitrogen and oxygen atoms in total.